The molecule has 21 heavy (non-hydrogen) atoms. The molecule has 118 valence electrons. The number of nitrogens with zero attached hydrogens (tertiary/aromatic N) is 1. The van der Waals surface area contributed by atoms with Gasteiger partial charge in [-0.15, -0.1) is 0 Å². The van der Waals surface area contributed by atoms with E-state index in [-0.39, 0.29) is 4.90 Å². The van der Waals surface area contributed by atoms with Gasteiger partial charge in [0.1, 0.15) is 12.4 Å². The van der Waals surface area contributed by atoms with Crippen molar-refractivity contribution in [2.24, 2.45) is 0 Å². The highest BCUT2D eigenvalue weighted by Crippen LogP contribution is 2.27. The first-order valence-electron chi connectivity index (χ1n) is 6.87. The van der Waals surface area contributed by atoms with Gasteiger partial charge in [-0.05, 0) is 37.1 Å². The van der Waals surface area contributed by atoms with Crippen LogP contribution >= 0.6 is 10.7 Å². The molecular weight excluding hydrogens is 314 g/mol. The molecule has 1 aromatic carbocycles. The number of benzene rings is 1. The molecule has 0 N–H and O–H groups in total. The van der Waals surface area contributed by atoms with Crippen LogP contribution in [0, 0.1) is 13.8 Å². The largest absolute Gasteiger partial charge is 0.492 e. The molecular formula is C14H20ClNO4S. The Bertz CT molecular complexity index is 597. The summed E-state index contributed by atoms with van der Waals surface area (Å²) in [6.07, 6.45) is 0. The maximum absolute atomic E-state index is 11.4. The molecule has 1 saturated heterocycles. The van der Waals surface area contributed by atoms with E-state index in [2.05, 4.69) is 4.90 Å². The number of halogens is 1. The van der Waals surface area contributed by atoms with E-state index in [1.54, 1.807) is 19.1 Å². The van der Waals surface area contributed by atoms with E-state index in [0.29, 0.717) is 17.9 Å². The Hall–Kier alpha value is -0.820. The zero-order valence-corrected chi connectivity index (χ0v) is 13.8. The Morgan fingerprint density at radius 3 is 2.52 bits per heavy atom. The van der Waals surface area contributed by atoms with Gasteiger partial charge in [0.2, 0.25) is 0 Å². The van der Waals surface area contributed by atoms with Gasteiger partial charge in [-0.1, -0.05) is 0 Å². The van der Waals surface area contributed by atoms with Crippen LogP contribution in [0.25, 0.3) is 0 Å². The number of aryl methyl sites for hydroxylation is 2. The normalized spacial score (nSPS) is 16.9. The molecule has 0 unspecified atom stereocenters. The SMILES string of the molecule is Cc1cc(S(=O)(=O)Cl)c(C)cc1OCCN1CCOCC1. The number of ether oxygens (including phenoxy) is 2. The Morgan fingerprint density at radius 1 is 1.24 bits per heavy atom. The molecule has 0 bridgehead atoms. The molecule has 5 nitrogen and oxygen atoms in total. The lowest BCUT2D eigenvalue weighted by atomic mass is 10.1. The van der Waals surface area contributed by atoms with Crippen molar-refractivity contribution in [1.29, 1.82) is 0 Å². The molecule has 1 heterocycles. The van der Waals surface area contributed by atoms with E-state index in [0.717, 1.165) is 38.4 Å². The predicted molar refractivity (Wildman–Crippen MR) is 81.7 cm³/mol. The van der Waals surface area contributed by atoms with Crippen molar-refractivity contribution >= 4 is 19.7 Å². The molecule has 0 atom stereocenters. The molecule has 0 spiro atoms. The Morgan fingerprint density at radius 2 is 1.90 bits per heavy atom. The summed E-state index contributed by atoms with van der Waals surface area (Å²) in [7, 11) is 1.69. The van der Waals surface area contributed by atoms with Crippen molar-refractivity contribution in [3.05, 3.63) is 23.3 Å². The van der Waals surface area contributed by atoms with Crippen LogP contribution in [0.2, 0.25) is 0 Å². The summed E-state index contributed by atoms with van der Waals surface area (Å²) in [5, 5.41) is 0. The summed E-state index contributed by atoms with van der Waals surface area (Å²) in [6.45, 7) is 8.29. The van der Waals surface area contributed by atoms with E-state index in [1.807, 2.05) is 6.92 Å². The molecule has 1 fully saturated rings. The van der Waals surface area contributed by atoms with Crippen molar-refractivity contribution in [2.45, 2.75) is 18.7 Å². The minimum atomic E-state index is -3.72. The quantitative estimate of drug-likeness (QED) is 0.771. The lowest BCUT2D eigenvalue weighted by Gasteiger charge is -2.26. The van der Waals surface area contributed by atoms with Crippen LogP contribution in [-0.4, -0.2) is 52.8 Å². The molecule has 7 heteroatoms. The molecule has 1 aromatic rings. The van der Waals surface area contributed by atoms with Crippen LogP contribution in [-0.2, 0) is 13.8 Å². The van der Waals surface area contributed by atoms with Gasteiger partial charge < -0.3 is 9.47 Å². The summed E-state index contributed by atoms with van der Waals surface area (Å²) in [6, 6.07) is 3.28. The second-order valence-electron chi connectivity index (χ2n) is 5.12. The lowest BCUT2D eigenvalue weighted by molar-refractivity contribution is 0.0322. The van der Waals surface area contributed by atoms with Gasteiger partial charge in [0.05, 0.1) is 18.1 Å². The summed E-state index contributed by atoms with van der Waals surface area (Å²) < 4.78 is 33.9. The van der Waals surface area contributed by atoms with Crippen molar-refractivity contribution in [1.82, 2.24) is 4.90 Å². The third kappa shape index (κ3) is 4.57. The fourth-order valence-electron chi connectivity index (χ4n) is 2.29. The fourth-order valence-corrected chi connectivity index (χ4v) is 3.55. The first-order chi connectivity index (χ1) is 9.88. The molecule has 0 radical (unpaired) electrons. The molecule has 1 aliphatic heterocycles. The zero-order chi connectivity index (χ0) is 15.5. The van der Waals surface area contributed by atoms with Gasteiger partial charge in [-0.2, -0.15) is 0 Å². The van der Waals surface area contributed by atoms with Crippen LogP contribution in [0.4, 0.5) is 0 Å². The van der Waals surface area contributed by atoms with Crippen LogP contribution in [0.3, 0.4) is 0 Å². The van der Waals surface area contributed by atoms with Gasteiger partial charge in [0, 0.05) is 30.3 Å². The topological polar surface area (TPSA) is 55.8 Å². The molecule has 2 rings (SSSR count). The number of hydrogen-bond acceptors (Lipinski definition) is 5. The molecule has 0 saturated carbocycles. The average molecular weight is 334 g/mol. The highest BCUT2D eigenvalue weighted by atomic mass is 35.7. The van der Waals surface area contributed by atoms with Crippen molar-refractivity contribution in [3.8, 4) is 5.75 Å². The van der Waals surface area contributed by atoms with Gasteiger partial charge in [0.15, 0.2) is 0 Å². The lowest BCUT2D eigenvalue weighted by Crippen LogP contribution is -2.38. The van der Waals surface area contributed by atoms with Crippen LogP contribution < -0.4 is 4.74 Å². The first kappa shape index (κ1) is 16.5. The maximum atomic E-state index is 11.4. The standard InChI is InChI=1S/C14H20ClNO4S/c1-11-10-14(21(15,17)18)12(2)9-13(11)20-8-5-16-3-6-19-7-4-16/h9-10H,3-8H2,1-2H3. The van der Waals surface area contributed by atoms with Crippen LogP contribution in [0.1, 0.15) is 11.1 Å². The Kier molecular flexibility index (Phi) is 5.48. The molecule has 0 aliphatic carbocycles. The molecule has 0 amide bonds. The summed E-state index contributed by atoms with van der Waals surface area (Å²) in [5.41, 5.74) is 1.36. The monoisotopic (exact) mass is 333 g/mol. The second-order valence-corrected chi connectivity index (χ2v) is 7.66. The maximum Gasteiger partial charge on any atom is 0.261 e. The van der Waals surface area contributed by atoms with Crippen molar-refractivity contribution in [2.75, 3.05) is 39.5 Å². The summed E-state index contributed by atoms with van der Waals surface area (Å²) in [4.78, 5) is 2.42. The van der Waals surface area contributed by atoms with E-state index >= 15 is 0 Å². The van der Waals surface area contributed by atoms with E-state index < -0.39 is 9.05 Å². The highest BCUT2D eigenvalue weighted by molar-refractivity contribution is 8.13. The van der Waals surface area contributed by atoms with Gasteiger partial charge in [-0.25, -0.2) is 8.42 Å². The zero-order valence-electron chi connectivity index (χ0n) is 12.3. The van der Waals surface area contributed by atoms with Crippen LogP contribution in [0.15, 0.2) is 17.0 Å². The molecule has 1 aliphatic rings. The second kappa shape index (κ2) is 6.96. The third-order valence-corrected chi connectivity index (χ3v) is 4.97. The van der Waals surface area contributed by atoms with Gasteiger partial charge in [-0.3, -0.25) is 4.90 Å². The fraction of sp³-hybridized carbons (Fsp3) is 0.571. The Labute approximate surface area is 130 Å². The summed E-state index contributed by atoms with van der Waals surface area (Å²) in [5.74, 6) is 0.699. The number of rotatable bonds is 5. The first-order valence-corrected chi connectivity index (χ1v) is 9.17. The van der Waals surface area contributed by atoms with E-state index in [9.17, 15) is 8.42 Å². The number of hydrogen-bond donors (Lipinski definition) is 0. The minimum Gasteiger partial charge on any atom is -0.492 e. The summed E-state index contributed by atoms with van der Waals surface area (Å²) >= 11 is 0. The van der Waals surface area contributed by atoms with Crippen molar-refractivity contribution in [3.63, 3.8) is 0 Å². The van der Waals surface area contributed by atoms with E-state index in [4.69, 9.17) is 20.2 Å². The third-order valence-electron chi connectivity index (χ3n) is 3.50. The van der Waals surface area contributed by atoms with Crippen molar-refractivity contribution < 1.29 is 17.9 Å². The average Bonchev–Trinajstić information content (AvgIpc) is 2.42. The predicted octanol–water partition coefficient (Wildman–Crippen LogP) is 1.94. The smallest absolute Gasteiger partial charge is 0.261 e. The highest BCUT2D eigenvalue weighted by Gasteiger charge is 2.16. The van der Waals surface area contributed by atoms with Crippen LogP contribution in [0.5, 0.6) is 5.75 Å². The number of morpholine rings is 1. The molecule has 0 aromatic heterocycles. The Balaban J connectivity index is 1.99. The van der Waals surface area contributed by atoms with Gasteiger partial charge in [0.25, 0.3) is 9.05 Å². The van der Waals surface area contributed by atoms with Gasteiger partial charge >= 0.3 is 0 Å². The van der Waals surface area contributed by atoms with E-state index in [1.165, 1.54) is 0 Å². The minimum absolute atomic E-state index is 0.141.